The molecule has 3 heterocycles. The van der Waals surface area contributed by atoms with Crippen LogP contribution in [0.25, 0.3) is 11.6 Å². The second-order valence-corrected chi connectivity index (χ2v) is 7.52. The number of anilines is 2. The number of nitrogen functional groups attached to an aromatic ring is 1. The Labute approximate surface area is 177 Å². The summed E-state index contributed by atoms with van der Waals surface area (Å²) in [4.78, 5) is 42.6. The van der Waals surface area contributed by atoms with Crippen molar-refractivity contribution in [3.63, 3.8) is 0 Å². The van der Waals surface area contributed by atoms with Crippen LogP contribution in [0.3, 0.4) is 0 Å². The number of aromatic nitrogens is 6. The zero-order chi connectivity index (χ0) is 22.5. The molecule has 0 saturated heterocycles. The van der Waals surface area contributed by atoms with E-state index >= 15 is 0 Å². The van der Waals surface area contributed by atoms with Gasteiger partial charge in [0.15, 0.2) is 11.4 Å². The third-order valence-corrected chi connectivity index (χ3v) is 4.54. The van der Waals surface area contributed by atoms with Crippen molar-refractivity contribution < 1.29 is 9.21 Å². The molecule has 0 atom stereocenters. The smallest absolute Gasteiger partial charge is 0.330 e. The van der Waals surface area contributed by atoms with Gasteiger partial charge in [0.05, 0.1) is 6.26 Å². The molecule has 3 aromatic rings. The molecule has 12 nitrogen and oxygen atoms in total. The zero-order valence-corrected chi connectivity index (χ0v) is 17.7. The number of carbonyl (C=O) groups excluding carboxylic acids is 1. The van der Waals surface area contributed by atoms with Gasteiger partial charge in [0.1, 0.15) is 12.4 Å². The Hall–Kier alpha value is -3.70. The summed E-state index contributed by atoms with van der Waals surface area (Å²) in [6.45, 7) is 6.07. The van der Waals surface area contributed by atoms with Crippen molar-refractivity contribution in [2.45, 2.75) is 46.7 Å². The van der Waals surface area contributed by atoms with Gasteiger partial charge in [-0.1, -0.05) is 27.2 Å². The molecule has 0 aliphatic rings. The minimum absolute atomic E-state index is 0.0288. The van der Waals surface area contributed by atoms with E-state index in [-0.39, 0.29) is 36.3 Å². The normalized spacial score (nSPS) is 11.2. The van der Waals surface area contributed by atoms with Crippen LogP contribution in [0.15, 0.2) is 32.4 Å². The number of amides is 1. The SMILES string of the molecule is CCCCn1c(N)c(N(CC(C)C)C(=O)Cn2nnc(-c3ccco3)n2)c(=O)[nH]c1=O. The summed E-state index contributed by atoms with van der Waals surface area (Å²) >= 11 is 0. The molecular formula is C19H26N8O4. The minimum atomic E-state index is -0.716. The first-order valence-electron chi connectivity index (χ1n) is 10.1. The summed E-state index contributed by atoms with van der Waals surface area (Å²) in [5.74, 6) is 0.176. The van der Waals surface area contributed by atoms with Crippen LogP contribution < -0.4 is 21.9 Å². The van der Waals surface area contributed by atoms with Gasteiger partial charge in [-0.15, -0.1) is 10.2 Å². The number of nitrogens with two attached hydrogens (primary N) is 1. The van der Waals surface area contributed by atoms with Crippen molar-refractivity contribution in [1.82, 2.24) is 29.8 Å². The summed E-state index contributed by atoms with van der Waals surface area (Å²) in [7, 11) is 0. The van der Waals surface area contributed by atoms with Gasteiger partial charge in [-0.05, 0) is 29.7 Å². The molecule has 12 heteroatoms. The number of hydrogen-bond donors (Lipinski definition) is 2. The van der Waals surface area contributed by atoms with Gasteiger partial charge < -0.3 is 15.1 Å². The fourth-order valence-electron chi connectivity index (χ4n) is 3.08. The predicted octanol–water partition coefficient (Wildman–Crippen LogP) is 0.855. The van der Waals surface area contributed by atoms with Crippen LogP contribution in [0, 0.1) is 5.92 Å². The lowest BCUT2D eigenvalue weighted by atomic mass is 10.2. The lowest BCUT2D eigenvalue weighted by molar-refractivity contribution is -0.119. The number of rotatable bonds is 9. The number of tetrazole rings is 1. The molecule has 3 N–H and O–H groups in total. The summed E-state index contributed by atoms with van der Waals surface area (Å²) in [5, 5.41) is 11.9. The summed E-state index contributed by atoms with van der Waals surface area (Å²) < 4.78 is 6.51. The maximum atomic E-state index is 13.1. The molecule has 0 aliphatic carbocycles. The first-order chi connectivity index (χ1) is 14.8. The largest absolute Gasteiger partial charge is 0.461 e. The van der Waals surface area contributed by atoms with Crippen molar-refractivity contribution in [1.29, 1.82) is 0 Å². The summed E-state index contributed by atoms with van der Waals surface area (Å²) in [6, 6.07) is 3.36. The monoisotopic (exact) mass is 430 g/mol. The van der Waals surface area contributed by atoms with E-state index in [0.717, 1.165) is 11.2 Å². The molecule has 3 aromatic heterocycles. The Balaban J connectivity index is 1.94. The molecule has 166 valence electrons. The van der Waals surface area contributed by atoms with Crippen molar-refractivity contribution in [3.8, 4) is 11.6 Å². The van der Waals surface area contributed by atoms with Crippen LogP contribution in [0.1, 0.15) is 33.6 Å². The van der Waals surface area contributed by atoms with Crippen LogP contribution in [0.4, 0.5) is 11.5 Å². The van der Waals surface area contributed by atoms with E-state index in [2.05, 4.69) is 20.4 Å². The molecule has 0 saturated carbocycles. The highest BCUT2D eigenvalue weighted by Crippen LogP contribution is 2.19. The van der Waals surface area contributed by atoms with Gasteiger partial charge in [0.2, 0.25) is 5.82 Å². The average Bonchev–Trinajstić information content (AvgIpc) is 3.38. The Kier molecular flexibility index (Phi) is 6.68. The third-order valence-electron chi connectivity index (χ3n) is 4.54. The zero-order valence-electron chi connectivity index (χ0n) is 17.7. The van der Waals surface area contributed by atoms with Crippen molar-refractivity contribution in [2.75, 3.05) is 17.2 Å². The number of unbranched alkanes of at least 4 members (excludes halogenated alkanes) is 1. The van der Waals surface area contributed by atoms with E-state index in [1.54, 1.807) is 12.1 Å². The van der Waals surface area contributed by atoms with Gasteiger partial charge >= 0.3 is 5.69 Å². The fourth-order valence-corrected chi connectivity index (χ4v) is 3.08. The first kappa shape index (κ1) is 22.0. The van der Waals surface area contributed by atoms with E-state index in [1.807, 2.05) is 20.8 Å². The summed E-state index contributed by atoms with van der Waals surface area (Å²) in [6.07, 6.45) is 3.02. The highest BCUT2D eigenvalue weighted by molar-refractivity contribution is 5.95. The predicted molar refractivity (Wildman–Crippen MR) is 113 cm³/mol. The molecule has 0 radical (unpaired) electrons. The van der Waals surface area contributed by atoms with Gasteiger partial charge in [-0.2, -0.15) is 4.80 Å². The quantitative estimate of drug-likeness (QED) is 0.506. The Morgan fingerprint density at radius 2 is 2.13 bits per heavy atom. The Morgan fingerprint density at radius 1 is 1.35 bits per heavy atom. The van der Waals surface area contributed by atoms with Crippen LogP contribution in [0.5, 0.6) is 0 Å². The van der Waals surface area contributed by atoms with Gasteiger partial charge in [0.25, 0.3) is 11.5 Å². The van der Waals surface area contributed by atoms with Gasteiger partial charge in [-0.25, -0.2) is 4.79 Å². The third kappa shape index (κ3) is 4.90. The molecule has 0 fully saturated rings. The maximum Gasteiger partial charge on any atom is 0.330 e. The first-order valence-corrected chi connectivity index (χ1v) is 10.1. The molecule has 0 unspecified atom stereocenters. The number of nitrogens with zero attached hydrogens (tertiary/aromatic N) is 6. The number of aromatic amines is 1. The van der Waals surface area contributed by atoms with E-state index in [0.29, 0.717) is 18.7 Å². The molecule has 0 bridgehead atoms. The highest BCUT2D eigenvalue weighted by atomic mass is 16.3. The number of nitrogens with one attached hydrogen (secondary N) is 1. The second kappa shape index (κ2) is 9.41. The lowest BCUT2D eigenvalue weighted by Crippen LogP contribution is -2.44. The molecule has 0 spiro atoms. The Bertz CT molecular complexity index is 1140. The van der Waals surface area contributed by atoms with Crippen LogP contribution in [0.2, 0.25) is 0 Å². The van der Waals surface area contributed by atoms with Gasteiger partial charge in [0, 0.05) is 13.1 Å². The van der Waals surface area contributed by atoms with Crippen LogP contribution in [-0.2, 0) is 17.9 Å². The van der Waals surface area contributed by atoms with Crippen LogP contribution >= 0.6 is 0 Å². The Morgan fingerprint density at radius 3 is 2.77 bits per heavy atom. The molecule has 1 amide bonds. The standard InChI is InChI=1S/C19H26N8O4/c1-4-5-8-25-16(20)15(18(29)21-19(25)30)26(10-12(2)3)14(28)11-27-23-17(22-24-27)13-7-6-9-31-13/h6-7,9,12H,4-5,8,10-11,20H2,1-3H3,(H,21,29,30). The maximum absolute atomic E-state index is 13.1. The summed E-state index contributed by atoms with van der Waals surface area (Å²) in [5.41, 5.74) is 4.82. The van der Waals surface area contributed by atoms with E-state index in [1.165, 1.54) is 15.7 Å². The molecule has 0 aliphatic heterocycles. The second-order valence-electron chi connectivity index (χ2n) is 7.52. The minimum Gasteiger partial charge on any atom is -0.461 e. The van der Waals surface area contributed by atoms with Crippen molar-refractivity contribution in [2.24, 2.45) is 5.92 Å². The van der Waals surface area contributed by atoms with Crippen molar-refractivity contribution >= 4 is 17.4 Å². The molecule has 0 aromatic carbocycles. The molecule has 3 rings (SSSR count). The van der Waals surface area contributed by atoms with Crippen LogP contribution in [-0.4, -0.2) is 42.2 Å². The number of H-pyrrole nitrogens is 1. The highest BCUT2D eigenvalue weighted by Gasteiger charge is 2.26. The van der Waals surface area contributed by atoms with E-state index in [9.17, 15) is 14.4 Å². The van der Waals surface area contributed by atoms with Crippen molar-refractivity contribution in [3.05, 3.63) is 39.2 Å². The number of hydrogen-bond acceptors (Lipinski definition) is 8. The lowest BCUT2D eigenvalue weighted by Gasteiger charge is -2.25. The average molecular weight is 430 g/mol. The molecular weight excluding hydrogens is 404 g/mol. The fraction of sp³-hybridized carbons (Fsp3) is 0.474. The van der Waals surface area contributed by atoms with E-state index in [4.69, 9.17) is 10.2 Å². The number of carbonyl (C=O) groups is 1. The topological polar surface area (TPSA) is 158 Å². The molecule has 31 heavy (non-hydrogen) atoms. The number of furan rings is 1. The van der Waals surface area contributed by atoms with E-state index < -0.39 is 17.2 Å². The van der Waals surface area contributed by atoms with Gasteiger partial charge in [-0.3, -0.25) is 19.1 Å².